The molecule has 0 amide bonds. The van der Waals surface area contributed by atoms with Crippen molar-refractivity contribution in [3.63, 3.8) is 0 Å². The van der Waals surface area contributed by atoms with Gasteiger partial charge in [-0.25, -0.2) is 4.79 Å². The molecule has 0 saturated heterocycles. The lowest BCUT2D eigenvalue weighted by Crippen LogP contribution is -2.26. The van der Waals surface area contributed by atoms with Gasteiger partial charge in [-0.2, -0.15) is 0 Å². The first-order valence-electron chi connectivity index (χ1n) is 13.5. The van der Waals surface area contributed by atoms with Crippen LogP contribution < -0.4 is 14.2 Å². The molecule has 0 saturated carbocycles. The molecular weight excluding hydrogens is 464 g/mol. The van der Waals surface area contributed by atoms with E-state index in [0.29, 0.717) is 24.7 Å². The monoisotopic (exact) mass is 504 g/mol. The summed E-state index contributed by atoms with van der Waals surface area (Å²) in [5.41, 5.74) is 3.08. The summed E-state index contributed by atoms with van der Waals surface area (Å²) in [6.07, 6.45) is 6.74. The van der Waals surface area contributed by atoms with E-state index in [9.17, 15) is 4.79 Å². The van der Waals surface area contributed by atoms with Crippen LogP contribution in [-0.2, 0) is 16.1 Å². The van der Waals surface area contributed by atoms with Gasteiger partial charge >= 0.3 is 5.97 Å². The quantitative estimate of drug-likeness (QED) is 0.146. The van der Waals surface area contributed by atoms with Crippen LogP contribution in [0.5, 0.6) is 17.2 Å². The summed E-state index contributed by atoms with van der Waals surface area (Å²) < 4.78 is 23.1. The van der Waals surface area contributed by atoms with Crippen LogP contribution in [-0.4, -0.2) is 25.3 Å². The molecule has 0 heterocycles. The first-order chi connectivity index (χ1) is 18.1. The Morgan fingerprint density at radius 2 is 1.46 bits per heavy atom. The minimum Gasteiger partial charge on any atom is -0.494 e. The molecular formula is C32H40O5. The molecule has 3 aromatic rings. The molecule has 3 aromatic carbocycles. The number of carbonyl (C=O) groups excluding carboxylic acids is 1. The predicted octanol–water partition coefficient (Wildman–Crippen LogP) is 8.00. The number of ether oxygens (including phenoxy) is 4. The molecule has 5 nitrogen and oxygen atoms in total. The van der Waals surface area contributed by atoms with Crippen molar-refractivity contribution in [2.45, 2.75) is 72.0 Å². The van der Waals surface area contributed by atoms with Crippen LogP contribution in [0, 0.1) is 0 Å². The second kappa shape index (κ2) is 15.6. The lowest BCUT2D eigenvalue weighted by atomic mass is 10.0. The van der Waals surface area contributed by atoms with E-state index in [1.54, 1.807) is 13.8 Å². The summed E-state index contributed by atoms with van der Waals surface area (Å²) in [4.78, 5) is 12.1. The zero-order chi connectivity index (χ0) is 26.3. The van der Waals surface area contributed by atoms with Gasteiger partial charge in [-0.1, -0.05) is 87.6 Å². The molecule has 0 aliphatic carbocycles. The summed E-state index contributed by atoms with van der Waals surface area (Å²) in [7, 11) is 0. The van der Waals surface area contributed by atoms with Gasteiger partial charge < -0.3 is 18.9 Å². The summed E-state index contributed by atoms with van der Waals surface area (Å²) >= 11 is 0. The molecule has 0 aliphatic rings. The number of esters is 1. The summed E-state index contributed by atoms with van der Waals surface area (Å²) in [5.74, 6) is 1.54. The van der Waals surface area contributed by atoms with Gasteiger partial charge in [0.2, 0.25) is 0 Å². The molecule has 0 N–H and O–H groups in total. The molecule has 0 aliphatic heterocycles. The highest BCUT2D eigenvalue weighted by Gasteiger charge is 2.19. The van der Waals surface area contributed by atoms with E-state index in [1.165, 1.54) is 32.1 Å². The van der Waals surface area contributed by atoms with Gasteiger partial charge in [0.1, 0.15) is 12.4 Å². The van der Waals surface area contributed by atoms with Crippen LogP contribution in [0.3, 0.4) is 0 Å². The molecule has 3 rings (SSSR count). The van der Waals surface area contributed by atoms with Gasteiger partial charge in [0, 0.05) is 0 Å². The molecule has 0 fully saturated rings. The Bertz CT molecular complexity index is 1060. The van der Waals surface area contributed by atoms with Crippen LogP contribution in [0.25, 0.3) is 11.1 Å². The van der Waals surface area contributed by atoms with Gasteiger partial charge in [-0.15, -0.1) is 0 Å². The third-order valence-electron chi connectivity index (χ3n) is 6.06. The van der Waals surface area contributed by atoms with Crippen LogP contribution in [0.15, 0.2) is 72.8 Å². The average molecular weight is 505 g/mol. The van der Waals surface area contributed by atoms with Gasteiger partial charge in [0.05, 0.1) is 13.2 Å². The predicted molar refractivity (Wildman–Crippen MR) is 148 cm³/mol. The standard InChI is InChI=1S/C32H40O5/c1-4-6-7-8-9-13-22-35-29-19-16-27(17-20-29)28-18-21-30(37-25(3)32(33)34-5-2)31(23-28)36-24-26-14-11-10-12-15-26/h10-12,14-21,23,25H,4-9,13,22,24H2,1-3H3/t25-/m1/s1. The molecule has 0 bridgehead atoms. The highest BCUT2D eigenvalue weighted by Crippen LogP contribution is 2.34. The van der Waals surface area contributed by atoms with Crippen molar-refractivity contribution in [3.05, 3.63) is 78.4 Å². The second-order valence-electron chi connectivity index (χ2n) is 9.09. The van der Waals surface area contributed by atoms with E-state index in [-0.39, 0.29) is 0 Å². The fraction of sp³-hybridized carbons (Fsp3) is 0.406. The number of rotatable bonds is 16. The Kier molecular flexibility index (Phi) is 11.9. The lowest BCUT2D eigenvalue weighted by molar-refractivity contribution is -0.150. The largest absolute Gasteiger partial charge is 0.494 e. The van der Waals surface area contributed by atoms with E-state index in [4.69, 9.17) is 18.9 Å². The highest BCUT2D eigenvalue weighted by atomic mass is 16.6. The molecule has 0 aromatic heterocycles. The van der Waals surface area contributed by atoms with Crippen molar-refractivity contribution in [2.24, 2.45) is 0 Å². The fourth-order valence-corrected chi connectivity index (χ4v) is 3.95. The smallest absolute Gasteiger partial charge is 0.347 e. The molecule has 0 unspecified atom stereocenters. The maximum absolute atomic E-state index is 12.1. The summed E-state index contributed by atoms with van der Waals surface area (Å²) in [6, 6.07) is 23.8. The van der Waals surface area contributed by atoms with E-state index < -0.39 is 12.1 Å². The zero-order valence-corrected chi connectivity index (χ0v) is 22.4. The Balaban J connectivity index is 1.67. The molecule has 5 heteroatoms. The SMILES string of the molecule is CCCCCCCCOc1ccc(-c2ccc(O[C@H](C)C(=O)OCC)c(OCc3ccccc3)c2)cc1. The van der Waals surface area contributed by atoms with Crippen LogP contribution in [0.4, 0.5) is 0 Å². The van der Waals surface area contributed by atoms with E-state index >= 15 is 0 Å². The summed E-state index contributed by atoms with van der Waals surface area (Å²) in [6.45, 7) is 7.13. The number of hydrogen-bond acceptors (Lipinski definition) is 5. The van der Waals surface area contributed by atoms with Crippen LogP contribution in [0.2, 0.25) is 0 Å². The van der Waals surface area contributed by atoms with Gasteiger partial charge in [-0.3, -0.25) is 0 Å². The van der Waals surface area contributed by atoms with Crippen molar-refractivity contribution in [3.8, 4) is 28.4 Å². The Hall–Kier alpha value is -3.47. The van der Waals surface area contributed by atoms with Crippen molar-refractivity contribution < 1.29 is 23.7 Å². The van der Waals surface area contributed by atoms with E-state index in [1.807, 2.05) is 60.7 Å². The van der Waals surface area contributed by atoms with Crippen molar-refractivity contribution >= 4 is 5.97 Å². The van der Waals surface area contributed by atoms with Crippen molar-refractivity contribution in [2.75, 3.05) is 13.2 Å². The molecule has 0 radical (unpaired) electrons. The maximum atomic E-state index is 12.1. The first kappa shape index (κ1) is 28.1. The average Bonchev–Trinajstić information content (AvgIpc) is 2.93. The molecule has 1 atom stereocenters. The van der Waals surface area contributed by atoms with Crippen molar-refractivity contribution in [1.82, 2.24) is 0 Å². The van der Waals surface area contributed by atoms with Crippen LogP contribution in [0.1, 0.15) is 64.9 Å². The number of unbranched alkanes of at least 4 members (excludes halogenated alkanes) is 5. The van der Waals surface area contributed by atoms with E-state index in [2.05, 4.69) is 19.1 Å². The van der Waals surface area contributed by atoms with E-state index in [0.717, 1.165) is 35.5 Å². The minimum atomic E-state index is -0.743. The zero-order valence-electron chi connectivity index (χ0n) is 22.4. The normalized spacial score (nSPS) is 11.5. The Labute approximate surface area is 221 Å². The fourth-order valence-electron chi connectivity index (χ4n) is 3.95. The first-order valence-corrected chi connectivity index (χ1v) is 13.5. The lowest BCUT2D eigenvalue weighted by Gasteiger charge is -2.18. The Morgan fingerprint density at radius 1 is 0.757 bits per heavy atom. The number of benzene rings is 3. The Morgan fingerprint density at radius 3 is 2.19 bits per heavy atom. The summed E-state index contributed by atoms with van der Waals surface area (Å²) in [5, 5.41) is 0. The maximum Gasteiger partial charge on any atom is 0.347 e. The number of hydrogen-bond donors (Lipinski definition) is 0. The third kappa shape index (κ3) is 9.49. The van der Waals surface area contributed by atoms with Crippen LogP contribution >= 0.6 is 0 Å². The molecule has 198 valence electrons. The molecule has 37 heavy (non-hydrogen) atoms. The minimum absolute atomic E-state index is 0.307. The van der Waals surface area contributed by atoms with Crippen molar-refractivity contribution in [1.29, 1.82) is 0 Å². The van der Waals surface area contributed by atoms with Gasteiger partial charge in [0.15, 0.2) is 17.6 Å². The third-order valence-corrected chi connectivity index (χ3v) is 6.06. The highest BCUT2D eigenvalue weighted by molar-refractivity contribution is 5.75. The topological polar surface area (TPSA) is 54.0 Å². The number of carbonyl (C=O) groups is 1. The molecule has 0 spiro atoms. The van der Waals surface area contributed by atoms with Gasteiger partial charge in [0.25, 0.3) is 0 Å². The van der Waals surface area contributed by atoms with Gasteiger partial charge in [-0.05, 0) is 61.2 Å². The second-order valence-corrected chi connectivity index (χ2v) is 9.09.